The second kappa shape index (κ2) is 6.28. The van der Waals surface area contributed by atoms with E-state index in [4.69, 9.17) is 4.74 Å². The third kappa shape index (κ3) is 3.62. The van der Waals surface area contributed by atoms with E-state index in [1.165, 1.54) is 12.8 Å². The van der Waals surface area contributed by atoms with E-state index in [1.807, 2.05) is 6.92 Å². The van der Waals surface area contributed by atoms with Gasteiger partial charge in [0.25, 0.3) is 0 Å². The van der Waals surface area contributed by atoms with Gasteiger partial charge in [-0.05, 0) is 32.6 Å². The highest BCUT2D eigenvalue weighted by molar-refractivity contribution is 5.67. The lowest BCUT2D eigenvalue weighted by atomic mass is 10.1. The van der Waals surface area contributed by atoms with E-state index in [1.54, 1.807) is 11.2 Å². The zero-order valence-electron chi connectivity index (χ0n) is 12.4. The molecule has 0 spiro atoms. The molecule has 21 heavy (non-hydrogen) atoms. The van der Waals surface area contributed by atoms with Crippen molar-refractivity contribution in [2.45, 2.75) is 44.6 Å². The Morgan fingerprint density at radius 3 is 2.76 bits per heavy atom. The topological polar surface area (TPSA) is 67.3 Å². The first-order chi connectivity index (χ1) is 10.3. The van der Waals surface area contributed by atoms with Gasteiger partial charge in [0.15, 0.2) is 0 Å². The van der Waals surface area contributed by atoms with Crippen molar-refractivity contribution in [1.82, 2.24) is 14.9 Å². The van der Waals surface area contributed by atoms with Crippen molar-refractivity contribution in [2.75, 3.05) is 25.0 Å². The van der Waals surface area contributed by atoms with Crippen LogP contribution in [0, 0.1) is 0 Å². The Morgan fingerprint density at radius 2 is 2.10 bits per heavy atom. The zero-order chi connectivity index (χ0) is 14.7. The summed E-state index contributed by atoms with van der Waals surface area (Å²) in [5, 5.41) is 3.47. The van der Waals surface area contributed by atoms with E-state index in [9.17, 15) is 4.79 Å². The fourth-order valence-corrected chi connectivity index (χ4v) is 2.68. The second-order valence-corrected chi connectivity index (χ2v) is 5.71. The minimum Gasteiger partial charge on any atom is -0.450 e. The third-order valence-electron chi connectivity index (χ3n) is 4.06. The van der Waals surface area contributed by atoms with Crippen LogP contribution >= 0.6 is 0 Å². The van der Waals surface area contributed by atoms with Crippen molar-refractivity contribution in [3.8, 4) is 0 Å². The smallest absolute Gasteiger partial charge is 0.409 e. The van der Waals surface area contributed by atoms with Crippen molar-refractivity contribution in [3.63, 3.8) is 0 Å². The van der Waals surface area contributed by atoms with Crippen LogP contribution in [-0.4, -0.2) is 46.7 Å². The Balaban J connectivity index is 1.51. The molecule has 1 aliphatic heterocycles. The van der Waals surface area contributed by atoms with Crippen molar-refractivity contribution in [2.24, 2.45) is 0 Å². The van der Waals surface area contributed by atoms with E-state index in [0.717, 1.165) is 37.4 Å². The van der Waals surface area contributed by atoms with Crippen LogP contribution in [0.4, 0.5) is 10.6 Å². The molecule has 3 rings (SSSR count). The maximum atomic E-state index is 11.7. The Morgan fingerprint density at radius 1 is 1.33 bits per heavy atom. The quantitative estimate of drug-likeness (QED) is 0.922. The fourth-order valence-electron chi connectivity index (χ4n) is 2.68. The summed E-state index contributed by atoms with van der Waals surface area (Å²) in [7, 11) is 0. The first-order valence-corrected chi connectivity index (χ1v) is 7.76. The molecule has 0 bridgehead atoms. The Hall–Kier alpha value is -1.85. The molecule has 1 aromatic rings. The van der Waals surface area contributed by atoms with Crippen LogP contribution in [0.5, 0.6) is 0 Å². The molecule has 2 heterocycles. The molecule has 1 saturated heterocycles. The summed E-state index contributed by atoms with van der Waals surface area (Å²) in [6.45, 7) is 3.73. The maximum absolute atomic E-state index is 11.7. The first-order valence-electron chi connectivity index (χ1n) is 7.76. The first kappa shape index (κ1) is 14.1. The number of likely N-dealkylation sites (tertiary alicyclic amines) is 1. The van der Waals surface area contributed by atoms with Crippen LogP contribution in [0.2, 0.25) is 0 Å². The number of hydrogen-bond acceptors (Lipinski definition) is 5. The monoisotopic (exact) mass is 290 g/mol. The van der Waals surface area contributed by atoms with Crippen LogP contribution in [0.1, 0.15) is 44.2 Å². The molecule has 6 heteroatoms. The molecular formula is C15H22N4O2. The number of piperidine rings is 1. The van der Waals surface area contributed by atoms with Gasteiger partial charge in [-0.15, -0.1) is 0 Å². The number of anilines is 1. The molecule has 0 radical (unpaired) electrons. The van der Waals surface area contributed by atoms with Crippen LogP contribution in [0.15, 0.2) is 12.4 Å². The van der Waals surface area contributed by atoms with Gasteiger partial charge in [-0.2, -0.15) is 0 Å². The van der Waals surface area contributed by atoms with E-state index >= 15 is 0 Å². The zero-order valence-corrected chi connectivity index (χ0v) is 12.4. The number of hydrogen-bond donors (Lipinski definition) is 1. The lowest BCUT2D eigenvalue weighted by Gasteiger charge is -2.31. The van der Waals surface area contributed by atoms with Crippen LogP contribution in [0.25, 0.3) is 0 Å². The van der Waals surface area contributed by atoms with Gasteiger partial charge < -0.3 is 15.0 Å². The number of rotatable bonds is 4. The summed E-state index contributed by atoms with van der Waals surface area (Å²) in [6, 6.07) is 2.42. The molecule has 0 atom stereocenters. The van der Waals surface area contributed by atoms with E-state index in [0.29, 0.717) is 18.6 Å². The molecule has 2 aliphatic rings. The van der Waals surface area contributed by atoms with Crippen LogP contribution in [0.3, 0.4) is 0 Å². The minimum absolute atomic E-state index is 0.200. The summed E-state index contributed by atoms with van der Waals surface area (Å²) < 4.78 is 5.03. The lowest BCUT2D eigenvalue weighted by molar-refractivity contribution is 0.0983. The van der Waals surface area contributed by atoms with Crippen LogP contribution < -0.4 is 5.32 Å². The average Bonchev–Trinajstić information content (AvgIpc) is 3.33. The predicted octanol–water partition coefficient (Wildman–Crippen LogP) is 2.39. The maximum Gasteiger partial charge on any atom is 0.409 e. The van der Waals surface area contributed by atoms with Gasteiger partial charge in [0.2, 0.25) is 0 Å². The third-order valence-corrected chi connectivity index (χ3v) is 4.06. The molecule has 2 fully saturated rings. The van der Waals surface area contributed by atoms with Crippen molar-refractivity contribution < 1.29 is 9.53 Å². The number of ether oxygens (including phenoxy) is 1. The highest BCUT2D eigenvalue weighted by Crippen LogP contribution is 2.39. The summed E-state index contributed by atoms with van der Waals surface area (Å²) in [6.07, 6.45) is 5.77. The molecular weight excluding hydrogens is 268 g/mol. The fraction of sp³-hybridized carbons (Fsp3) is 0.667. The number of aromatic nitrogens is 2. The summed E-state index contributed by atoms with van der Waals surface area (Å²) >= 11 is 0. The molecule has 1 aromatic heterocycles. The van der Waals surface area contributed by atoms with Gasteiger partial charge in [-0.3, -0.25) is 0 Å². The molecule has 1 aliphatic carbocycles. The minimum atomic E-state index is -0.200. The average molecular weight is 290 g/mol. The standard InChI is InChI=1S/C15H22N4O2/c1-2-21-15(20)19-7-5-12(6-8-19)18-14-9-13(11-3-4-11)16-10-17-14/h9-12H,2-8H2,1H3,(H,16,17,18). The number of carbonyl (C=O) groups excluding carboxylic acids is 1. The number of amides is 1. The van der Waals surface area contributed by atoms with Gasteiger partial charge in [0.1, 0.15) is 12.1 Å². The molecule has 1 amide bonds. The second-order valence-electron chi connectivity index (χ2n) is 5.71. The van der Waals surface area contributed by atoms with E-state index in [2.05, 4.69) is 21.4 Å². The molecule has 6 nitrogen and oxygen atoms in total. The number of nitrogens with one attached hydrogen (secondary N) is 1. The van der Waals surface area contributed by atoms with Gasteiger partial charge in [0, 0.05) is 36.8 Å². The Kier molecular flexibility index (Phi) is 4.22. The molecule has 114 valence electrons. The lowest BCUT2D eigenvalue weighted by Crippen LogP contribution is -2.42. The molecule has 0 unspecified atom stereocenters. The number of nitrogens with zero attached hydrogens (tertiary/aromatic N) is 3. The van der Waals surface area contributed by atoms with Crippen molar-refractivity contribution >= 4 is 11.9 Å². The largest absolute Gasteiger partial charge is 0.450 e. The normalized spacial score (nSPS) is 19.4. The summed E-state index contributed by atoms with van der Waals surface area (Å²) in [5.41, 5.74) is 1.15. The Bertz CT molecular complexity index is 496. The summed E-state index contributed by atoms with van der Waals surface area (Å²) in [4.78, 5) is 22.1. The van der Waals surface area contributed by atoms with Crippen LogP contribution in [-0.2, 0) is 4.74 Å². The van der Waals surface area contributed by atoms with Crippen molar-refractivity contribution in [1.29, 1.82) is 0 Å². The van der Waals surface area contributed by atoms with Gasteiger partial charge in [-0.1, -0.05) is 0 Å². The predicted molar refractivity (Wildman–Crippen MR) is 79.2 cm³/mol. The SMILES string of the molecule is CCOC(=O)N1CCC(Nc2cc(C3CC3)ncn2)CC1. The Labute approximate surface area is 124 Å². The highest BCUT2D eigenvalue weighted by Gasteiger charge is 2.26. The molecule has 1 saturated carbocycles. The molecule has 1 N–H and O–H groups in total. The molecule has 0 aromatic carbocycles. The summed E-state index contributed by atoms with van der Waals surface area (Å²) in [5.74, 6) is 1.54. The van der Waals surface area contributed by atoms with Gasteiger partial charge in [-0.25, -0.2) is 14.8 Å². The van der Waals surface area contributed by atoms with E-state index in [-0.39, 0.29) is 6.09 Å². The number of carbonyl (C=O) groups is 1. The highest BCUT2D eigenvalue weighted by atomic mass is 16.6. The van der Waals surface area contributed by atoms with Gasteiger partial charge in [0.05, 0.1) is 6.61 Å². The van der Waals surface area contributed by atoms with E-state index < -0.39 is 0 Å². The van der Waals surface area contributed by atoms with Gasteiger partial charge >= 0.3 is 6.09 Å². The van der Waals surface area contributed by atoms with Crippen molar-refractivity contribution in [3.05, 3.63) is 18.1 Å².